The number of aliphatic imine (C=N–C) groups is 1. The van der Waals surface area contributed by atoms with E-state index in [1.807, 2.05) is 0 Å². The van der Waals surface area contributed by atoms with Crippen molar-refractivity contribution in [3.05, 3.63) is 89.4 Å². The van der Waals surface area contributed by atoms with Gasteiger partial charge in [0.15, 0.2) is 0 Å². The summed E-state index contributed by atoms with van der Waals surface area (Å²) < 4.78 is 124. The van der Waals surface area contributed by atoms with E-state index < -0.39 is 64.1 Å². The van der Waals surface area contributed by atoms with Crippen molar-refractivity contribution in [3.8, 4) is 17.0 Å². The van der Waals surface area contributed by atoms with E-state index in [2.05, 4.69) is 24.7 Å². The van der Waals surface area contributed by atoms with E-state index >= 15 is 0 Å². The van der Waals surface area contributed by atoms with Crippen molar-refractivity contribution in [2.24, 2.45) is 10.7 Å². The van der Waals surface area contributed by atoms with Crippen LogP contribution in [0.25, 0.3) is 11.3 Å². The quantitative estimate of drug-likeness (QED) is 0.176. The molecule has 0 aliphatic carbocycles. The van der Waals surface area contributed by atoms with E-state index in [1.54, 1.807) is 0 Å². The number of hydrogen-bond acceptors (Lipinski definition) is 7. The SMILES string of the molecule is Cc1c(F)cc(C(N)=NCc2cc(-c3cnc(C(F)(F)F)nc3)ncc2OC(F)F)n1S(=O)(=O)c1ccc(F)cc1. The van der Waals surface area contributed by atoms with Gasteiger partial charge in [-0.25, -0.2) is 31.1 Å². The number of nitrogens with two attached hydrogens (primary N) is 1. The third-order valence-corrected chi connectivity index (χ3v) is 7.35. The molecule has 0 spiro atoms. The van der Waals surface area contributed by atoms with Crippen molar-refractivity contribution in [1.29, 1.82) is 0 Å². The maximum atomic E-state index is 14.5. The highest BCUT2D eigenvalue weighted by Gasteiger charge is 2.34. The van der Waals surface area contributed by atoms with E-state index in [0.29, 0.717) is 3.97 Å². The second-order valence-corrected chi connectivity index (χ2v) is 10.0. The number of benzene rings is 1. The van der Waals surface area contributed by atoms with E-state index in [-0.39, 0.29) is 27.4 Å². The van der Waals surface area contributed by atoms with Gasteiger partial charge in [-0.1, -0.05) is 0 Å². The molecule has 2 N–H and O–H groups in total. The Morgan fingerprint density at radius 2 is 1.68 bits per heavy atom. The Morgan fingerprint density at radius 1 is 1.05 bits per heavy atom. The lowest BCUT2D eigenvalue weighted by molar-refractivity contribution is -0.145. The summed E-state index contributed by atoms with van der Waals surface area (Å²) in [4.78, 5) is 13.9. The number of pyridine rings is 1. The highest BCUT2D eigenvalue weighted by molar-refractivity contribution is 7.90. The Labute approximate surface area is 227 Å². The molecule has 0 aliphatic heterocycles. The molecule has 0 unspecified atom stereocenters. The Kier molecular flexibility index (Phi) is 8.01. The van der Waals surface area contributed by atoms with Gasteiger partial charge >= 0.3 is 12.8 Å². The average molecular weight is 602 g/mol. The lowest BCUT2D eigenvalue weighted by atomic mass is 10.1. The molecule has 9 nitrogen and oxygen atoms in total. The van der Waals surface area contributed by atoms with Crippen LogP contribution in [0.3, 0.4) is 0 Å². The van der Waals surface area contributed by atoms with Gasteiger partial charge in [0.25, 0.3) is 10.0 Å². The zero-order valence-electron chi connectivity index (χ0n) is 20.6. The number of hydrogen-bond donors (Lipinski definition) is 1. The fraction of sp³-hybridized carbons (Fsp3) is 0.167. The molecule has 0 aliphatic rings. The summed E-state index contributed by atoms with van der Waals surface area (Å²) in [5, 5.41) is 0. The molecule has 3 aromatic heterocycles. The molecule has 0 amide bonds. The summed E-state index contributed by atoms with van der Waals surface area (Å²) in [7, 11) is -4.48. The standard InChI is InChI=1S/C24H17F7N6O3S/c1-12-17(26)7-19(37(12)41(38,39)16-4-2-15(25)3-5-16)21(32)34-8-13-6-18(33-11-20(13)40-23(27)28)14-9-35-22(36-10-14)24(29,30)31/h2-7,9-11,23H,8H2,1H3,(H2,32,34). The molecule has 4 aromatic rings. The van der Waals surface area contributed by atoms with Gasteiger partial charge < -0.3 is 10.5 Å². The van der Waals surface area contributed by atoms with Gasteiger partial charge in [0.1, 0.15) is 28.9 Å². The van der Waals surface area contributed by atoms with E-state index in [4.69, 9.17) is 5.73 Å². The monoisotopic (exact) mass is 602 g/mol. The average Bonchev–Trinajstić information content (AvgIpc) is 3.22. The largest absolute Gasteiger partial charge is 0.451 e. The zero-order chi connectivity index (χ0) is 30.1. The number of amidine groups is 1. The second kappa shape index (κ2) is 11.1. The van der Waals surface area contributed by atoms with E-state index in [0.717, 1.165) is 61.9 Å². The molecule has 1 aromatic carbocycles. The first-order valence-corrected chi connectivity index (χ1v) is 12.6. The molecule has 4 rings (SSSR count). The Bertz CT molecular complexity index is 1710. The molecule has 0 fully saturated rings. The molecule has 17 heteroatoms. The highest BCUT2D eigenvalue weighted by Crippen LogP contribution is 2.29. The first-order chi connectivity index (χ1) is 19.2. The van der Waals surface area contributed by atoms with Gasteiger partial charge in [-0.2, -0.15) is 22.0 Å². The molecule has 0 saturated carbocycles. The first kappa shape index (κ1) is 29.4. The first-order valence-electron chi connectivity index (χ1n) is 11.2. The van der Waals surface area contributed by atoms with Crippen LogP contribution in [-0.2, 0) is 22.7 Å². The molecule has 0 saturated heterocycles. The van der Waals surface area contributed by atoms with Crippen LogP contribution in [0.5, 0.6) is 5.75 Å². The zero-order valence-corrected chi connectivity index (χ0v) is 21.4. The van der Waals surface area contributed by atoms with E-state index in [1.165, 1.54) is 0 Å². The highest BCUT2D eigenvalue weighted by atomic mass is 32.2. The Hall–Kier alpha value is -4.54. The predicted molar refractivity (Wildman–Crippen MR) is 129 cm³/mol. The van der Waals surface area contributed by atoms with Crippen LogP contribution in [0.4, 0.5) is 30.7 Å². The number of halogens is 7. The summed E-state index contributed by atoms with van der Waals surface area (Å²) in [6, 6.07) is 5.68. The van der Waals surface area contributed by atoms with Gasteiger partial charge in [0, 0.05) is 29.6 Å². The molecule has 0 bridgehead atoms. The van der Waals surface area contributed by atoms with Crippen LogP contribution >= 0.6 is 0 Å². The minimum atomic E-state index is -4.79. The van der Waals surface area contributed by atoms with Gasteiger partial charge in [0.2, 0.25) is 5.82 Å². The summed E-state index contributed by atoms with van der Waals surface area (Å²) in [6.07, 6.45) is -2.28. The number of nitrogens with zero attached hydrogens (tertiary/aromatic N) is 5. The lowest BCUT2D eigenvalue weighted by Crippen LogP contribution is -2.24. The van der Waals surface area contributed by atoms with Crippen LogP contribution in [0.1, 0.15) is 22.8 Å². The van der Waals surface area contributed by atoms with Crippen LogP contribution in [0, 0.1) is 18.6 Å². The van der Waals surface area contributed by atoms with Crippen molar-refractivity contribution in [3.63, 3.8) is 0 Å². The second-order valence-electron chi connectivity index (χ2n) is 8.24. The third-order valence-electron chi connectivity index (χ3n) is 5.53. The molecule has 3 heterocycles. The minimum Gasteiger partial charge on any atom is -0.433 e. The number of alkyl halides is 5. The maximum absolute atomic E-state index is 14.5. The normalized spacial score (nSPS) is 12.7. The number of rotatable bonds is 8. The van der Waals surface area contributed by atoms with Crippen molar-refractivity contribution >= 4 is 15.9 Å². The third kappa shape index (κ3) is 6.29. The summed E-state index contributed by atoms with van der Waals surface area (Å²) >= 11 is 0. The van der Waals surface area contributed by atoms with Crippen LogP contribution in [-0.4, -0.2) is 39.8 Å². The molecular weight excluding hydrogens is 585 g/mol. The molecule has 0 radical (unpaired) electrons. The number of ether oxygens (including phenoxy) is 1. The Morgan fingerprint density at radius 3 is 2.27 bits per heavy atom. The molecule has 0 atom stereocenters. The Balaban J connectivity index is 1.73. The smallest absolute Gasteiger partial charge is 0.433 e. The molecule has 41 heavy (non-hydrogen) atoms. The fourth-order valence-electron chi connectivity index (χ4n) is 3.59. The molecular formula is C24H17F7N6O3S. The summed E-state index contributed by atoms with van der Waals surface area (Å²) in [5.41, 5.74) is 5.09. The minimum absolute atomic E-state index is 0.00300. The van der Waals surface area contributed by atoms with Crippen LogP contribution < -0.4 is 10.5 Å². The van der Waals surface area contributed by atoms with Gasteiger partial charge in [0.05, 0.1) is 29.0 Å². The van der Waals surface area contributed by atoms with Gasteiger partial charge in [-0.05, 0) is 37.3 Å². The van der Waals surface area contributed by atoms with Crippen LogP contribution in [0.15, 0.2) is 64.9 Å². The van der Waals surface area contributed by atoms with Crippen molar-refractivity contribution in [2.75, 3.05) is 0 Å². The van der Waals surface area contributed by atoms with Crippen molar-refractivity contribution in [1.82, 2.24) is 18.9 Å². The van der Waals surface area contributed by atoms with Crippen LogP contribution in [0.2, 0.25) is 0 Å². The summed E-state index contributed by atoms with van der Waals surface area (Å²) in [6.45, 7) is -2.66. The topological polar surface area (TPSA) is 125 Å². The maximum Gasteiger partial charge on any atom is 0.451 e. The van der Waals surface area contributed by atoms with Gasteiger partial charge in [-0.3, -0.25) is 9.98 Å². The van der Waals surface area contributed by atoms with E-state index in [9.17, 15) is 39.2 Å². The predicted octanol–water partition coefficient (Wildman–Crippen LogP) is 4.69. The summed E-state index contributed by atoms with van der Waals surface area (Å²) in [5.74, 6) is -4.06. The lowest BCUT2D eigenvalue weighted by Gasteiger charge is -2.13. The van der Waals surface area contributed by atoms with Crippen molar-refractivity contribution < 1.29 is 43.9 Å². The van der Waals surface area contributed by atoms with Crippen molar-refractivity contribution in [2.45, 2.75) is 31.2 Å². The van der Waals surface area contributed by atoms with Gasteiger partial charge in [-0.15, -0.1) is 0 Å². The fourth-order valence-corrected chi connectivity index (χ4v) is 5.13. The molecule has 216 valence electrons. The number of aromatic nitrogens is 4.